The monoisotopic (exact) mass is 288 g/mol. The van der Waals surface area contributed by atoms with Crippen molar-refractivity contribution in [1.29, 1.82) is 0 Å². The molecule has 0 amide bonds. The van der Waals surface area contributed by atoms with Gasteiger partial charge in [0, 0.05) is 0 Å². The molecule has 0 nitrogen and oxygen atoms in total. The van der Waals surface area contributed by atoms with Crippen LogP contribution in [-0.2, 0) is 22.6 Å². The number of hydrogen-bond acceptors (Lipinski definition) is 0. The average molecular weight is 291 g/mol. The summed E-state index contributed by atoms with van der Waals surface area (Å²) >= 11 is 3.96. The van der Waals surface area contributed by atoms with Crippen LogP contribution >= 0.6 is 28.6 Å². The van der Waals surface area contributed by atoms with E-state index in [1.165, 1.54) is 0 Å². The standard InChI is InChI=1S/C7H6Cl.BrH.FH.Zn/c1-6-3-2-4-7(8)5-6;;;/h2-5H,1H2;2*1H;/q;;;+1/p-1. The van der Waals surface area contributed by atoms with Gasteiger partial charge in [-0.1, -0.05) is 0 Å². The molecule has 1 aromatic carbocycles. The molecule has 4 heteroatoms. The molecule has 0 bridgehead atoms. The number of halogens is 3. The van der Waals surface area contributed by atoms with E-state index in [2.05, 4.69) is 0 Å². The molecule has 0 saturated heterocycles. The molecule has 0 N–H and O–H groups in total. The fourth-order valence-electron chi connectivity index (χ4n) is 0.802. The predicted molar refractivity (Wildman–Crippen MR) is 46.6 cm³/mol. The summed E-state index contributed by atoms with van der Waals surface area (Å²) in [6, 6.07) is 7.40. The van der Waals surface area contributed by atoms with Gasteiger partial charge in [-0.25, -0.2) is 0 Å². The van der Waals surface area contributed by atoms with Gasteiger partial charge < -0.3 is 0 Å². The van der Waals surface area contributed by atoms with Crippen molar-refractivity contribution in [2.75, 3.05) is 0 Å². The first kappa shape index (κ1) is 11.5. The molecule has 1 aromatic rings. The van der Waals surface area contributed by atoms with E-state index in [9.17, 15) is 3.32 Å². The molecular weight excluding hydrogens is 284 g/mol. The van der Waals surface area contributed by atoms with E-state index in [0.717, 1.165) is 5.56 Å². The van der Waals surface area contributed by atoms with Crippen LogP contribution in [0.1, 0.15) is 5.56 Å². The van der Waals surface area contributed by atoms with Crippen LogP contribution in [0.3, 0.4) is 0 Å². The summed E-state index contributed by atoms with van der Waals surface area (Å²) in [6.45, 7) is 0. The van der Waals surface area contributed by atoms with E-state index in [1.807, 2.05) is 18.2 Å². The third-order valence-corrected chi connectivity index (χ3v) is 3.12. The van der Waals surface area contributed by atoms with Gasteiger partial charge in [0.15, 0.2) is 0 Å². The Kier molecular flexibility index (Phi) is 6.40. The van der Waals surface area contributed by atoms with Gasteiger partial charge in [-0.3, -0.25) is 0 Å². The second kappa shape index (κ2) is 6.10. The summed E-state index contributed by atoms with van der Waals surface area (Å²) in [7, 11) is 0. The van der Waals surface area contributed by atoms with Gasteiger partial charge in [0.1, 0.15) is 0 Å². The Labute approximate surface area is 89.1 Å². The zero-order chi connectivity index (χ0) is 7.40. The molecule has 0 unspecified atom stereocenters. The van der Waals surface area contributed by atoms with Crippen molar-refractivity contribution in [3.05, 3.63) is 34.9 Å². The van der Waals surface area contributed by atoms with E-state index in [-0.39, 0.29) is 17.0 Å². The Hall–Kier alpha value is 0.543. The summed E-state index contributed by atoms with van der Waals surface area (Å²) in [5.74, 6) is 0. The zero-order valence-electron chi connectivity index (χ0n) is 5.89. The van der Waals surface area contributed by atoms with Crippen molar-refractivity contribution in [3.63, 3.8) is 0 Å². The number of benzene rings is 1. The van der Waals surface area contributed by atoms with Crippen molar-refractivity contribution in [3.8, 4) is 0 Å². The maximum absolute atomic E-state index is 12.0. The third kappa shape index (κ3) is 4.20. The summed E-state index contributed by atoms with van der Waals surface area (Å²) in [5.41, 5.74) is 1.04. The second-order valence-corrected chi connectivity index (χ2v) is 4.35. The van der Waals surface area contributed by atoms with E-state index in [4.69, 9.17) is 11.6 Å². The van der Waals surface area contributed by atoms with Crippen LogP contribution in [0.5, 0.6) is 0 Å². The molecule has 0 aliphatic carbocycles. The quantitative estimate of drug-likeness (QED) is 0.733. The minimum atomic E-state index is -1.72. The molecule has 0 spiro atoms. The van der Waals surface area contributed by atoms with Gasteiger partial charge in [-0.2, -0.15) is 0 Å². The van der Waals surface area contributed by atoms with Gasteiger partial charge in [0.25, 0.3) is 0 Å². The van der Waals surface area contributed by atoms with Crippen molar-refractivity contribution in [2.24, 2.45) is 0 Å². The Morgan fingerprint density at radius 2 is 2.18 bits per heavy atom. The topological polar surface area (TPSA) is 0 Å². The van der Waals surface area contributed by atoms with Crippen LogP contribution in [0.4, 0.5) is 3.32 Å². The first-order valence-electron chi connectivity index (χ1n) is 3.13. The SMILES string of the molecule is Br.[F][Zn][CH2]c1cccc(Cl)c1. The van der Waals surface area contributed by atoms with Crippen LogP contribution in [-0.4, -0.2) is 0 Å². The van der Waals surface area contributed by atoms with Crippen LogP contribution in [0.15, 0.2) is 24.3 Å². The van der Waals surface area contributed by atoms with Gasteiger partial charge in [0.2, 0.25) is 0 Å². The predicted octanol–water partition coefficient (Wildman–Crippen LogP) is 3.38. The van der Waals surface area contributed by atoms with E-state index in [1.54, 1.807) is 6.07 Å². The first-order valence-corrected chi connectivity index (χ1v) is 6.73. The molecule has 0 radical (unpaired) electrons. The Morgan fingerprint density at radius 3 is 2.73 bits per heavy atom. The summed E-state index contributed by atoms with van der Waals surface area (Å²) in [5, 5.41) is 1.35. The molecule has 0 aliphatic heterocycles. The molecule has 1 rings (SSSR count). The third-order valence-electron chi connectivity index (χ3n) is 1.27. The molecule has 0 fully saturated rings. The minimum absolute atomic E-state index is 0. The van der Waals surface area contributed by atoms with Gasteiger partial charge >= 0.3 is 72.4 Å². The van der Waals surface area contributed by atoms with Gasteiger partial charge in [-0.15, -0.1) is 17.0 Å². The molecule has 58 valence electrons. The van der Waals surface area contributed by atoms with Crippen LogP contribution < -0.4 is 0 Å². The van der Waals surface area contributed by atoms with Crippen molar-refractivity contribution < 1.29 is 20.9 Å². The Morgan fingerprint density at radius 1 is 1.45 bits per heavy atom. The van der Waals surface area contributed by atoms with E-state index >= 15 is 0 Å². The molecular formula is C7H7BrClFZn. The van der Waals surface area contributed by atoms with E-state index < -0.39 is 17.6 Å². The second-order valence-electron chi connectivity index (χ2n) is 2.07. The molecule has 11 heavy (non-hydrogen) atoms. The Balaban J connectivity index is 0.000001000. The summed E-state index contributed by atoms with van der Waals surface area (Å²) in [4.78, 5) is 0. The normalized spacial score (nSPS) is 8.18. The fourth-order valence-corrected chi connectivity index (χ4v) is 2.12. The van der Waals surface area contributed by atoms with Crippen molar-refractivity contribution in [1.82, 2.24) is 0 Å². The molecule has 0 heterocycles. The molecule has 0 saturated carbocycles. The Bertz CT molecular complexity index is 219. The number of rotatable bonds is 2. The number of hydrogen-bond donors (Lipinski definition) is 0. The van der Waals surface area contributed by atoms with Crippen LogP contribution in [0, 0.1) is 0 Å². The van der Waals surface area contributed by atoms with Gasteiger partial charge in [-0.05, 0) is 0 Å². The first-order chi connectivity index (χ1) is 4.83. The fraction of sp³-hybridized carbons (Fsp3) is 0.143. The summed E-state index contributed by atoms with van der Waals surface area (Å²) < 4.78 is 12.0. The zero-order valence-corrected chi connectivity index (χ0v) is 11.3. The van der Waals surface area contributed by atoms with Gasteiger partial charge in [0.05, 0.1) is 0 Å². The van der Waals surface area contributed by atoms with Crippen molar-refractivity contribution >= 4 is 28.6 Å². The summed E-state index contributed by atoms with van der Waals surface area (Å²) in [6.07, 6.45) is 0. The average Bonchev–Trinajstić information content (AvgIpc) is 1.88. The molecule has 0 atom stereocenters. The van der Waals surface area contributed by atoms with Crippen molar-refractivity contribution in [2.45, 2.75) is 5.02 Å². The van der Waals surface area contributed by atoms with Crippen LogP contribution in [0.2, 0.25) is 5.02 Å². The maximum atomic E-state index is 12.0. The molecule has 0 aromatic heterocycles. The molecule has 0 aliphatic rings. The van der Waals surface area contributed by atoms with Crippen LogP contribution in [0.25, 0.3) is 0 Å². The van der Waals surface area contributed by atoms with E-state index in [0.29, 0.717) is 10.0 Å².